The topological polar surface area (TPSA) is 86.0 Å². The van der Waals surface area contributed by atoms with Gasteiger partial charge in [-0.05, 0) is 48.9 Å². The van der Waals surface area contributed by atoms with Gasteiger partial charge in [0.25, 0.3) is 0 Å². The quantitative estimate of drug-likeness (QED) is 0.887. The Kier molecular flexibility index (Phi) is 3.68. The van der Waals surface area contributed by atoms with Crippen LogP contribution in [-0.2, 0) is 12.8 Å². The number of benzene rings is 1. The third kappa shape index (κ3) is 3.01. The Hall–Kier alpha value is -2.61. The van der Waals surface area contributed by atoms with Crippen molar-refractivity contribution in [2.75, 3.05) is 0 Å². The smallest absolute Gasteiger partial charge is 0.405 e. The zero-order valence-electron chi connectivity index (χ0n) is 12.2. The molecule has 1 aliphatic rings. The maximum atomic E-state index is 11.0. The lowest BCUT2D eigenvalue weighted by atomic mass is 9.96. The molecule has 5 nitrogen and oxygen atoms in total. The minimum absolute atomic E-state index is 0.343. The number of fused-ring (bicyclic) bond motifs is 1. The molecule has 0 atom stereocenters. The predicted molar refractivity (Wildman–Crippen MR) is 82.5 cm³/mol. The molecule has 1 fully saturated rings. The van der Waals surface area contributed by atoms with Gasteiger partial charge in [0.1, 0.15) is 0 Å². The lowest BCUT2D eigenvalue weighted by molar-refractivity contribution is 0.188. The maximum absolute atomic E-state index is 11.0. The molecule has 1 aliphatic carbocycles. The second kappa shape index (κ2) is 5.64. The summed E-state index contributed by atoms with van der Waals surface area (Å²) in [4.78, 5) is 15.4. The maximum Gasteiger partial charge on any atom is 0.405 e. The molecular formula is C17H17N3O2. The normalized spacial score (nSPS) is 15.2. The fraction of sp³-hybridized carbons (Fsp3) is 0.353. The Balaban J connectivity index is 1.96. The number of nitriles is 1. The average molecular weight is 295 g/mol. The van der Waals surface area contributed by atoms with Gasteiger partial charge in [0.15, 0.2) is 0 Å². The molecule has 0 unspecified atom stereocenters. The van der Waals surface area contributed by atoms with E-state index < -0.39 is 6.09 Å². The zero-order valence-corrected chi connectivity index (χ0v) is 12.2. The lowest BCUT2D eigenvalue weighted by Gasteiger charge is -2.17. The summed E-state index contributed by atoms with van der Waals surface area (Å²) < 4.78 is 0. The molecule has 0 saturated heterocycles. The highest BCUT2D eigenvalue weighted by Crippen LogP contribution is 2.40. The minimum atomic E-state index is -0.976. The van der Waals surface area contributed by atoms with Crippen molar-refractivity contribution < 1.29 is 9.90 Å². The van der Waals surface area contributed by atoms with E-state index in [1.54, 1.807) is 6.20 Å². The number of pyridine rings is 1. The second-order valence-corrected chi connectivity index (χ2v) is 5.88. The number of hydrogen-bond donors (Lipinski definition) is 2. The van der Waals surface area contributed by atoms with Crippen molar-refractivity contribution in [3.8, 4) is 6.07 Å². The summed E-state index contributed by atoms with van der Waals surface area (Å²) in [5.74, 6) is 0. The highest BCUT2D eigenvalue weighted by molar-refractivity contribution is 5.83. The molecule has 2 aromatic rings. The van der Waals surface area contributed by atoms with Gasteiger partial charge >= 0.3 is 6.09 Å². The van der Waals surface area contributed by atoms with Crippen LogP contribution in [0.15, 0.2) is 30.5 Å². The molecule has 0 radical (unpaired) electrons. The molecule has 0 bridgehead atoms. The van der Waals surface area contributed by atoms with E-state index in [-0.39, 0.29) is 5.54 Å². The number of hydrogen-bond acceptors (Lipinski definition) is 3. The van der Waals surface area contributed by atoms with Crippen molar-refractivity contribution in [3.05, 3.63) is 41.6 Å². The Morgan fingerprint density at radius 3 is 2.95 bits per heavy atom. The van der Waals surface area contributed by atoms with E-state index in [0.717, 1.165) is 34.9 Å². The number of nitrogens with one attached hydrogen (secondary N) is 1. The predicted octanol–water partition coefficient (Wildman–Crippen LogP) is 3.03. The number of carboxylic acid groups (broad SMARTS) is 1. The summed E-state index contributed by atoms with van der Waals surface area (Å²) in [5, 5.41) is 21.4. The molecule has 2 N–H and O–H groups in total. The molecule has 5 heteroatoms. The molecule has 112 valence electrons. The molecule has 0 aliphatic heterocycles. The first-order valence-electron chi connectivity index (χ1n) is 7.36. The van der Waals surface area contributed by atoms with E-state index in [9.17, 15) is 4.79 Å². The van der Waals surface area contributed by atoms with Gasteiger partial charge in [0.2, 0.25) is 0 Å². The molecule has 1 saturated carbocycles. The zero-order chi connectivity index (χ0) is 15.6. The van der Waals surface area contributed by atoms with E-state index in [1.165, 1.54) is 0 Å². The van der Waals surface area contributed by atoms with Crippen LogP contribution in [0.2, 0.25) is 0 Å². The van der Waals surface area contributed by atoms with E-state index in [1.807, 2.05) is 12.1 Å². The summed E-state index contributed by atoms with van der Waals surface area (Å²) in [6, 6.07) is 10.2. The Bertz CT molecular complexity index is 760. The monoisotopic (exact) mass is 295 g/mol. The molecule has 1 aromatic carbocycles. The molecule has 1 heterocycles. The molecule has 1 aromatic heterocycles. The minimum Gasteiger partial charge on any atom is -0.465 e. The highest BCUT2D eigenvalue weighted by atomic mass is 16.4. The van der Waals surface area contributed by atoms with Crippen molar-refractivity contribution >= 4 is 17.0 Å². The summed E-state index contributed by atoms with van der Waals surface area (Å²) in [5.41, 5.74) is 2.73. The second-order valence-electron chi connectivity index (χ2n) is 5.88. The third-order valence-corrected chi connectivity index (χ3v) is 4.12. The van der Waals surface area contributed by atoms with E-state index >= 15 is 0 Å². The van der Waals surface area contributed by atoms with Gasteiger partial charge in [0, 0.05) is 23.5 Å². The standard InChI is InChI=1S/C17H17N3O2/c18-7-1-3-12-9-13-4-2-8-19-15(13)14(10-12)11-17(5-6-17)20-16(21)22/h2,4,8-10,20H,1,3,5-6,11H2,(H,21,22). The molecule has 22 heavy (non-hydrogen) atoms. The van der Waals surface area contributed by atoms with Gasteiger partial charge in [-0.15, -0.1) is 0 Å². The number of nitrogens with zero attached hydrogens (tertiary/aromatic N) is 2. The van der Waals surface area contributed by atoms with E-state index in [2.05, 4.69) is 28.5 Å². The fourth-order valence-corrected chi connectivity index (χ4v) is 2.90. The van der Waals surface area contributed by atoms with Gasteiger partial charge in [-0.25, -0.2) is 4.79 Å². The number of carbonyl (C=O) groups is 1. The summed E-state index contributed by atoms with van der Waals surface area (Å²) in [6.07, 6.45) is 4.32. The number of amides is 1. The van der Waals surface area contributed by atoms with Crippen LogP contribution in [-0.4, -0.2) is 21.7 Å². The van der Waals surface area contributed by atoms with Gasteiger partial charge in [0.05, 0.1) is 11.6 Å². The Morgan fingerprint density at radius 2 is 2.27 bits per heavy atom. The van der Waals surface area contributed by atoms with Crippen LogP contribution in [0.4, 0.5) is 4.79 Å². The van der Waals surface area contributed by atoms with Crippen LogP contribution in [0.1, 0.15) is 30.4 Å². The van der Waals surface area contributed by atoms with Crippen LogP contribution in [0.5, 0.6) is 0 Å². The van der Waals surface area contributed by atoms with Crippen LogP contribution in [0, 0.1) is 11.3 Å². The van der Waals surface area contributed by atoms with Crippen molar-refractivity contribution in [3.63, 3.8) is 0 Å². The number of aryl methyl sites for hydroxylation is 1. The van der Waals surface area contributed by atoms with Crippen molar-refractivity contribution in [2.45, 2.75) is 37.6 Å². The Labute approximate surface area is 128 Å². The molecule has 1 amide bonds. The van der Waals surface area contributed by atoms with E-state index in [4.69, 9.17) is 10.4 Å². The van der Waals surface area contributed by atoms with Crippen LogP contribution >= 0.6 is 0 Å². The first-order chi connectivity index (χ1) is 10.6. The van der Waals surface area contributed by atoms with Gasteiger partial charge in [-0.3, -0.25) is 4.98 Å². The first-order valence-corrected chi connectivity index (χ1v) is 7.36. The number of rotatable bonds is 5. The van der Waals surface area contributed by atoms with Gasteiger partial charge < -0.3 is 10.4 Å². The average Bonchev–Trinajstić information content (AvgIpc) is 3.23. The Morgan fingerprint density at radius 1 is 1.45 bits per heavy atom. The van der Waals surface area contributed by atoms with Crippen molar-refractivity contribution in [1.82, 2.24) is 10.3 Å². The van der Waals surface area contributed by atoms with Gasteiger partial charge in [-0.1, -0.05) is 12.1 Å². The molecular weight excluding hydrogens is 278 g/mol. The van der Waals surface area contributed by atoms with Crippen LogP contribution in [0.3, 0.4) is 0 Å². The summed E-state index contributed by atoms with van der Waals surface area (Å²) in [6.45, 7) is 0. The third-order valence-electron chi connectivity index (χ3n) is 4.12. The molecule has 0 spiro atoms. The van der Waals surface area contributed by atoms with Crippen LogP contribution in [0.25, 0.3) is 10.9 Å². The summed E-state index contributed by atoms with van der Waals surface area (Å²) >= 11 is 0. The lowest BCUT2D eigenvalue weighted by Crippen LogP contribution is -2.37. The first kappa shape index (κ1) is 14.3. The number of aromatic nitrogens is 1. The fourth-order valence-electron chi connectivity index (χ4n) is 2.90. The van der Waals surface area contributed by atoms with Crippen molar-refractivity contribution in [1.29, 1.82) is 5.26 Å². The molecule has 3 rings (SSSR count). The summed E-state index contributed by atoms with van der Waals surface area (Å²) in [7, 11) is 0. The van der Waals surface area contributed by atoms with Crippen molar-refractivity contribution in [2.24, 2.45) is 0 Å². The largest absolute Gasteiger partial charge is 0.465 e. The SMILES string of the molecule is N#CCCc1cc(CC2(NC(=O)O)CC2)c2ncccc2c1. The highest BCUT2D eigenvalue weighted by Gasteiger charge is 2.44. The van der Waals surface area contributed by atoms with Gasteiger partial charge in [-0.2, -0.15) is 5.26 Å². The van der Waals surface area contributed by atoms with E-state index in [0.29, 0.717) is 19.3 Å². The van der Waals surface area contributed by atoms with Crippen LogP contribution < -0.4 is 5.32 Å².